The number of amides is 1. The summed E-state index contributed by atoms with van der Waals surface area (Å²) < 4.78 is 0. The molecular formula is C10H19N3O3. The molecule has 0 atom stereocenters. The molecule has 0 unspecified atom stereocenters. The third kappa shape index (κ3) is 3.79. The number of aliphatic carboxylic acids is 1. The van der Waals surface area contributed by atoms with Gasteiger partial charge in [0.25, 0.3) is 0 Å². The lowest BCUT2D eigenvalue weighted by atomic mass is 9.88. The second-order valence-electron chi connectivity index (χ2n) is 4.53. The Hall–Kier alpha value is -1.14. The summed E-state index contributed by atoms with van der Waals surface area (Å²) in [5.41, 5.74) is -0.458. The minimum atomic E-state index is -0.849. The highest BCUT2D eigenvalue weighted by Gasteiger charge is 2.38. The molecule has 1 aliphatic heterocycles. The molecule has 0 aromatic heterocycles. The van der Waals surface area contributed by atoms with E-state index in [0.29, 0.717) is 13.1 Å². The van der Waals surface area contributed by atoms with Gasteiger partial charge in [0, 0.05) is 19.1 Å². The molecule has 6 heteroatoms. The van der Waals surface area contributed by atoms with Crippen molar-refractivity contribution in [2.24, 2.45) is 0 Å². The number of carbonyl (C=O) groups excluding carboxylic acids is 1. The third-order valence-electron chi connectivity index (χ3n) is 2.49. The minimum absolute atomic E-state index is 0.0367. The Morgan fingerprint density at radius 3 is 2.44 bits per heavy atom. The molecule has 0 aliphatic carbocycles. The van der Waals surface area contributed by atoms with Crippen LogP contribution in [0.5, 0.6) is 0 Å². The molecule has 1 amide bonds. The molecule has 92 valence electrons. The van der Waals surface area contributed by atoms with E-state index in [0.717, 1.165) is 0 Å². The van der Waals surface area contributed by atoms with Crippen molar-refractivity contribution in [2.75, 3.05) is 19.6 Å². The van der Waals surface area contributed by atoms with Gasteiger partial charge in [0.05, 0.1) is 18.5 Å². The van der Waals surface area contributed by atoms with Gasteiger partial charge >= 0.3 is 5.97 Å². The van der Waals surface area contributed by atoms with Gasteiger partial charge in [0.1, 0.15) is 0 Å². The van der Waals surface area contributed by atoms with Crippen molar-refractivity contribution in [1.29, 1.82) is 0 Å². The highest BCUT2D eigenvalue weighted by atomic mass is 16.4. The largest absolute Gasteiger partial charge is 0.481 e. The maximum atomic E-state index is 11.4. The average molecular weight is 229 g/mol. The van der Waals surface area contributed by atoms with E-state index in [1.807, 2.05) is 13.8 Å². The second-order valence-corrected chi connectivity index (χ2v) is 4.53. The standard InChI is InChI=1S/C10H19N3O3/c1-7(2)13-8(14)4-12-10(3-9(15)16)5-11-6-10/h7,11-12H,3-6H2,1-2H3,(H,13,14)(H,15,16). The number of carbonyl (C=O) groups is 2. The number of hydrogen-bond donors (Lipinski definition) is 4. The van der Waals surface area contributed by atoms with Gasteiger partial charge in [0.15, 0.2) is 0 Å². The zero-order valence-corrected chi connectivity index (χ0v) is 9.67. The Morgan fingerprint density at radius 2 is 2.06 bits per heavy atom. The number of carboxylic acids is 1. The van der Waals surface area contributed by atoms with E-state index in [1.54, 1.807) is 0 Å². The summed E-state index contributed by atoms with van der Waals surface area (Å²) in [6, 6.07) is 0.101. The molecule has 0 radical (unpaired) electrons. The van der Waals surface area contributed by atoms with Crippen LogP contribution in [0.1, 0.15) is 20.3 Å². The van der Waals surface area contributed by atoms with Crippen molar-refractivity contribution >= 4 is 11.9 Å². The van der Waals surface area contributed by atoms with Crippen LogP contribution in [0, 0.1) is 0 Å². The molecule has 0 aromatic rings. The van der Waals surface area contributed by atoms with Crippen LogP contribution in [0.3, 0.4) is 0 Å². The van der Waals surface area contributed by atoms with Crippen molar-refractivity contribution in [3.05, 3.63) is 0 Å². The summed E-state index contributed by atoms with van der Waals surface area (Å²) in [7, 11) is 0. The lowest BCUT2D eigenvalue weighted by Gasteiger charge is -2.42. The first-order valence-corrected chi connectivity index (χ1v) is 5.40. The lowest BCUT2D eigenvalue weighted by molar-refractivity contribution is -0.139. The summed E-state index contributed by atoms with van der Waals surface area (Å²) >= 11 is 0. The van der Waals surface area contributed by atoms with Crippen molar-refractivity contribution in [2.45, 2.75) is 31.8 Å². The van der Waals surface area contributed by atoms with E-state index in [-0.39, 0.29) is 24.9 Å². The summed E-state index contributed by atoms with van der Waals surface area (Å²) in [5.74, 6) is -0.954. The van der Waals surface area contributed by atoms with Gasteiger partial charge in [-0.2, -0.15) is 0 Å². The van der Waals surface area contributed by atoms with Crippen molar-refractivity contribution in [3.8, 4) is 0 Å². The maximum absolute atomic E-state index is 11.4. The predicted octanol–water partition coefficient (Wildman–Crippen LogP) is -1.08. The molecule has 0 spiro atoms. The Balaban J connectivity index is 2.34. The fourth-order valence-corrected chi connectivity index (χ4v) is 1.67. The van der Waals surface area contributed by atoms with E-state index in [1.165, 1.54) is 0 Å². The van der Waals surface area contributed by atoms with Crippen LogP contribution < -0.4 is 16.0 Å². The van der Waals surface area contributed by atoms with E-state index >= 15 is 0 Å². The fraction of sp³-hybridized carbons (Fsp3) is 0.800. The van der Waals surface area contributed by atoms with E-state index in [9.17, 15) is 9.59 Å². The molecule has 1 aliphatic rings. The summed E-state index contributed by atoms with van der Waals surface area (Å²) in [5, 5.41) is 17.5. The van der Waals surface area contributed by atoms with Crippen molar-refractivity contribution in [1.82, 2.24) is 16.0 Å². The van der Waals surface area contributed by atoms with Crippen LogP contribution >= 0.6 is 0 Å². The molecule has 4 N–H and O–H groups in total. The Labute approximate surface area is 94.8 Å². The smallest absolute Gasteiger partial charge is 0.305 e. The number of nitrogens with one attached hydrogen (secondary N) is 3. The zero-order valence-electron chi connectivity index (χ0n) is 9.67. The zero-order chi connectivity index (χ0) is 12.2. The van der Waals surface area contributed by atoms with E-state index in [4.69, 9.17) is 5.11 Å². The van der Waals surface area contributed by atoms with Crippen LogP contribution in [0.25, 0.3) is 0 Å². The van der Waals surface area contributed by atoms with Gasteiger partial charge in [-0.3, -0.25) is 14.9 Å². The first-order valence-electron chi connectivity index (χ1n) is 5.40. The number of carboxylic acid groups (broad SMARTS) is 1. The quantitative estimate of drug-likeness (QED) is 0.465. The van der Waals surface area contributed by atoms with Gasteiger partial charge in [-0.25, -0.2) is 0 Å². The van der Waals surface area contributed by atoms with Gasteiger partial charge in [0.2, 0.25) is 5.91 Å². The van der Waals surface area contributed by atoms with Gasteiger partial charge < -0.3 is 15.7 Å². The minimum Gasteiger partial charge on any atom is -0.481 e. The van der Waals surface area contributed by atoms with E-state index in [2.05, 4.69) is 16.0 Å². The molecule has 0 aromatic carbocycles. The van der Waals surface area contributed by atoms with Crippen LogP contribution in [0.2, 0.25) is 0 Å². The molecule has 1 rings (SSSR count). The Kier molecular flexibility index (Phi) is 4.26. The highest BCUT2D eigenvalue weighted by molar-refractivity contribution is 5.78. The average Bonchev–Trinajstić information content (AvgIpc) is 2.07. The highest BCUT2D eigenvalue weighted by Crippen LogP contribution is 2.15. The van der Waals surface area contributed by atoms with Crippen LogP contribution in [0.4, 0.5) is 0 Å². The first kappa shape index (κ1) is 12.9. The number of rotatable bonds is 6. The molecule has 16 heavy (non-hydrogen) atoms. The molecule has 0 saturated carbocycles. The lowest BCUT2D eigenvalue weighted by Crippen LogP contribution is -2.69. The van der Waals surface area contributed by atoms with E-state index < -0.39 is 11.5 Å². The van der Waals surface area contributed by atoms with Gasteiger partial charge in [-0.1, -0.05) is 0 Å². The van der Waals surface area contributed by atoms with Gasteiger partial charge in [-0.05, 0) is 13.8 Å². The molecule has 6 nitrogen and oxygen atoms in total. The third-order valence-corrected chi connectivity index (χ3v) is 2.49. The monoisotopic (exact) mass is 229 g/mol. The van der Waals surface area contributed by atoms with Gasteiger partial charge in [-0.15, -0.1) is 0 Å². The van der Waals surface area contributed by atoms with Crippen molar-refractivity contribution < 1.29 is 14.7 Å². The molecular weight excluding hydrogens is 210 g/mol. The fourth-order valence-electron chi connectivity index (χ4n) is 1.67. The topological polar surface area (TPSA) is 90.5 Å². The van der Waals surface area contributed by atoms with Crippen molar-refractivity contribution in [3.63, 3.8) is 0 Å². The van der Waals surface area contributed by atoms with Crippen LogP contribution in [-0.2, 0) is 9.59 Å². The Bertz CT molecular complexity index is 274. The molecule has 1 heterocycles. The first-order chi connectivity index (χ1) is 7.43. The Morgan fingerprint density at radius 1 is 1.44 bits per heavy atom. The molecule has 1 fully saturated rings. The predicted molar refractivity (Wildman–Crippen MR) is 59.1 cm³/mol. The van der Waals surface area contributed by atoms with Crippen LogP contribution in [-0.4, -0.2) is 48.2 Å². The molecule has 0 bridgehead atoms. The summed E-state index contributed by atoms with van der Waals surface area (Å²) in [6.45, 7) is 5.11. The summed E-state index contributed by atoms with van der Waals surface area (Å²) in [6.07, 6.45) is 0.0367. The van der Waals surface area contributed by atoms with Crippen LogP contribution in [0.15, 0.2) is 0 Å². The second kappa shape index (κ2) is 5.27. The SMILES string of the molecule is CC(C)NC(=O)CNC1(CC(=O)O)CNC1. The summed E-state index contributed by atoms with van der Waals surface area (Å²) in [4.78, 5) is 22.0. The molecule has 1 saturated heterocycles. The maximum Gasteiger partial charge on any atom is 0.305 e. The normalized spacial score (nSPS) is 17.9. The number of hydrogen-bond acceptors (Lipinski definition) is 4.